The fourth-order valence-electron chi connectivity index (χ4n) is 6.59. The number of esters is 1. The summed E-state index contributed by atoms with van der Waals surface area (Å²) in [6.45, 7) is 2.27. The second-order valence-electron chi connectivity index (χ2n) is 12.6. The molecule has 4 aromatic rings. The van der Waals surface area contributed by atoms with Crippen LogP contribution in [0.15, 0.2) is 73.1 Å². The highest BCUT2D eigenvalue weighted by atomic mass is 35.5. The number of carboxylic acid groups (broad SMARTS) is 1. The van der Waals surface area contributed by atoms with Gasteiger partial charge in [0, 0.05) is 18.5 Å². The Morgan fingerprint density at radius 2 is 1.59 bits per heavy atom. The molecule has 4 heterocycles. The van der Waals surface area contributed by atoms with Gasteiger partial charge in [0.05, 0.1) is 26.3 Å². The molecule has 7 rings (SSSR count). The molecule has 1 unspecified atom stereocenters. The van der Waals surface area contributed by atoms with Crippen LogP contribution < -0.4 is 19.1 Å². The first-order chi connectivity index (χ1) is 26.0. The van der Waals surface area contributed by atoms with Crippen LogP contribution in [0.1, 0.15) is 46.0 Å². The van der Waals surface area contributed by atoms with Crippen molar-refractivity contribution in [2.45, 2.75) is 38.0 Å². The van der Waals surface area contributed by atoms with Crippen LogP contribution in [0.25, 0.3) is 0 Å². The highest BCUT2D eigenvalue weighted by molar-refractivity contribution is 6.35. The number of fused-ring (bicyclic) bond motifs is 3. The number of piperidine rings is 3. The van der Waals surface area contributed by atoms with Crippen molar-refractivity contribution >= 4 is 47.4 Å². The molecule has 1 aromatic heterocycles. The molecule has 0 aliphatic carbocycles. The van der Waals surface area contributed by atoms with E-state index >= 15 is 0 Å². The normalized spacial score (nSPS) is 17.7. The lowest BCUT2D eigenvalue weighted by Crippen LogP contribution is -2.53. The maximum absolute atomic E-state index is 13.7. The number of hydrogen-bond acceptors (Lipinski definition) is 11. The summed E-state index contributed by atoms with van der Waals surface area (Å²) in [7, 11) is 2.99. The maximum Gasteiger partial charge on any atom is 0.415 e. The third-order valence-corrected chi connectivity index (χ3v) is 9.99. The highest BCUT2D eigenvalue weighted by Gasteiger charge is 2.38. The number of ether oxygens (including phenoxy) is 4. The molecule has 0 saturated carbocycles. The summed E-state index contributed by atoms with van der Waals surface area (Å²) in [6.07, 6.45) is 2.35. The number of nitrogens with zero attached hydrogens (tertiary/aromatic N) is 3. The molecule has 3 fully saturated rings. The van der Waals surface area contributed by atoms with E-state index in [9.17, 15) is 25.0 Å². The lowest BCUT2D eigenvalue weighted by Gasteiger charge is -2.44. The molecule has 2 bridgehead atoms. The summed E-state index contributed by atoms with van der Waals surface area (Å²) in [6, 6.07) is 15.7. The van der Waals surface area contributed by atoms with Gasteiger partial charge >= 0.3 is 12.1 Å². The molecule has 54 heavy (non-hydrogen) atoms. The zero-order valence-corrected chi connectivity index (χ0v) is 30.9. The smallest absolute Gasteiger partial charge is 0.415 e. The van der Waals surface area contributed by atoms with E-state index < -0.39 is 18.2 Å². The van der Waals surface area contributed by atoms with Crippen LogP contribution in [0.3, 0.4) is 0 Å². The SMILES string of the molecule is COc1ccc(C(Cc2c(Cl)c[n+]([O-])cc2Cl)OC(=O)c2ccc(CN(C(=O)O[C@H]3CN4CCC3CC4)c3c(O)cccc3O)cc2)cc1OC.O=CO. The first-order valence-electron chi connectivity index (χ1n) is 16.8. The fourth-order valence-corrected chi connectivity index (χ4v) is 7.18. The van der Waals surface area contributed by atoms with Gasteiger partial charge in [-0.25, -0.2) is 9.59 Å². The minimum atomic E-state index is -0.907. The Bertz CT molecular complexity index is 1910. The number of anilines is 1. The monoisotopic (exact) mass is 783 g/mol. The minimum absolute atomic E-state index is 0.0402. The van der Waals surface area contributed by atoms with E-state index in [2.05, 4.69) is 4.90 Å². The summed E-state index contributed by atoms with van der Waals surface area (Å²) in [5.41, 5.74) is 1.68. The largest absolute Gasteiger partial charge is 0.619 e. The van der Waals surface area contributed by atoms with Crippen LogP contribution in [0.2, 0.25) is 10.0 Å². The summed E-state index contributed by atoms with van der Waals surface area (Å²) in [5, 5.41) is 40.3. The number of carbonyl (C=O) groups excluding carboxylic acids is 2. The third-order valence-electron chi connectivity index (χ3n) is 9.34. The number of amides is 1. The van der Waals surface area contributed by atoms with Gasteiger partial charge in [0.15, 0.2) is 23.9 Å². The van der Waals surface area contributed by atoms with Gasteiger partial charge < -0.3 is 39.5 Å². The van der Waals surface area contributed by atoms with Crippen LogP contribution in [0.5, 0.6) is 23.0 Å². The van der Waals surface area contributed by atoms with Crippen molar-refractivity contribution in [2.24, 2.45) is 5.92 Å². The quantitative estimate of drug-likeness (QED) is 0.0686. The van der Waals surface area contributed by atoms with E-state index in [1.165, 1.54) is 49.7 Å². The average molecular weight is 785 g/mol. The van der Waals surface area contributed by atoms with Crippen molar-refractivity contribution in [2.75, 3.05) is 38.8 Å². The number of halogens is 2. The van der Waals surface area contributed by atoms with E-state index in [0.717, 1.165) is 25.9 Å². The standard InChI is InChI=1S/C37H37Cl2N3O9.CH2O2/c1-48-31-11-10-25(16-33(31)49-2)32(17-26-27(38)19-41(47)20-28(26)39)50-36(45)24-8-6-22(7-9-24)18-42(35-29(43)4-3-5-30(35)44)37(46)51-34-21-40-14-12-23(34)13-15-40;2-1-3/h3-11,16,19-20,23,32,34,43-44H,12-15,17-18,21H2,1-2H3;1H,(H,2,3)/t32?,34-;/m0./s1. The number of para-hydroxylation sites is 1. The van der Waals surface area contributed by atoms with Crippen LogP contribution in [-0.4, -0.2) is 78.7 Å². The average Bonchev–Trinajstić information content (AvgIpc) is 3.16. The van der Waals surface area contributed by atoms with Gasteiger partial charge in [-0.3, -0.25) is 14.6 Å². The van der Waals surface area contributed by atoms with Crippen molar-refractivity contribution in [3.05, 3.63) is 111 Å². The van der Waals surface area contributed by atoms with E-state index in [4.69, 9.17) is 52.1 Å². The van der Waals surface area contributed by atoms with E-state index in [0.29, 0.717) is 39.5 Å². The first-order valence-corrected chi connectivity index (χ1v) is 17.6. The van der Waals surface area contributed by atoms with Crippen molar-refractivity contribution in [1.29, 1.82) is 0 Å². The van der Waals surface area contributed by atoms with Crippen molar-refractivity contribution in [3.63, 3.8) is 0 Å². The molecular weight excluding hydrogens is 745 g/mol. The predicted molar refractivity (Wildman–Crippen MR) is 197 cm³/mol. The Kier molecular flexibility index (Phi) is 13.3. The number of carbonyl (C=O) groups is 3. The van der Waals surface area contributed by atoms with E-state index in [1.54, 1.807) is 42.5 Å². The minimum Gasteiger partial charge on any atom is -0.619 e. The van der Waals surface area contributed by atoms with Gasteiger partial charge in [-0.15, -0.1) is 0 Å². The second kappa shape index (κ2) is 18.1. The van der Waals surface area contributed by atoms with Crippen molar-refractivity contribution in [1.82, 2.24) is 4.90 Å². The first kappa shape index (κ1) is 39.8. The van der Waals surface area contributed by atoms with Crippen LogP contribution >= 0.6 is 23.2 Å². The predicted octanol–water partition coefficient (Wildman–Crippen LogP) is 6.13. The zero-order chi connectivity index (χ0) is 38.9. The maximum atomic E-state index is 13.7. The fraction of sp³-hybridized carbons (Fsp3) is 0.316. The molecule has 16 heteroatoms. The number of rotatable bonds is 11. The third kappa shape index (κ3) is 9.37. The number of methoxy groups -OCH3 is 2. The van der Waals surface area contributed by atoms with E-state index in [1.807, 2.05) is 0 Å². The summed E-state index contributed by atoms with van der Waals surface area (Å²) in [5.74, 6) is -0.0970. The second-order valence-corrected chi connectivity index (χ2v) is 13.4. The van der Waals surface area contributed by atoms with Crippen LogP contribution in [0.4, 0.5) is 10.5 Å². The number of aromatic nitrogens is 1. The van der Waals surface area contributed by atoms with E-state index in [-0.39, 0.29) is 64.3 Å². The molecule has 14 nitrogen and oxygen atoms in total. The van der Waals surface area contributed by atoms with Gasteiger partial charge in [0.1, 0.15) is 39.4 Å². The molecule has 3 aliphatic heterocycles. The molecule has 3 saturated heterocycles. The molecule has 1 amide bonds. The van der Waals surface area contributed by atoms with Crippen LogP contribution in [-0.2, 0) is 27.2 Å². The molecule has 3 aromatic carbocycles. The number of pyridine rings is 1. The van der Waals surface area contributed by atoms with Crippen molar-refractivity contribution in [3.8, 4) is 23.0 Å². The Balaban J connectivity index is 0.00000181. The Hall–Kier alpha value is -5.44. The molecule has 3 N–H and O–H groups in total. The molecule has 2 atom stereocenters. The van der Waals surface area contributed by atoms with Gasteiger partial charge in [-0.05, 0) is 79.4 Å². The molecular formula is C38H39Cl2N3O11. The number of aromatic hydroxyl groups is 2. The molecule has 3 aliphatic rings. The molecule has 0 spiro atoms. The van der Waals surface area contributed by atoms with Gasteiger partial charge in [-0.1, -0.05) is 47.5 Å². The van der Waals surface area contributed by atoms with Gasteiger partial charge in [0.25, 0.3) is 6.47 Å². The van der Waals surface area contributed by atoms with Crippen molar-refractivity contribution < 1.29 is 53.4 Å². The number of benzene rings is 3. The van der Waals surface area contributed by atoms with Gasteiger partial charge in [0.2, 0.25) is 0 Å². The zero-order valence-electron chi connectivity index (χ0n) is 29.4. The molecule has 0 radical (unpaired) electrons. The molecule has 286 valence electrons. The number of phenols is 2. The topological polar surface area (TPSA) is 182 Å². The van der Waals surface area contributed by atoms with Gasteiger partial charge in [-0.2, -0.15) is 4.73 Å². The Morgan fingerprint density at radius 1 is 0.981 bits per heavy atom. The number of phenolic OH excluding ortho intramolecular Hbond substituents is 2. The Labute approximate surface area is 321 Å². The number of hydrogen-bond donors (Lipinski definition) is 3. The summed E-state index contributed by atoms with van der Waals surface area (Å²) < 4.78 is 23.3. The Morgan fingerprint density at radius 3 is 2.15 bits per heavy atom. The van der Waals surface area contributed by atoms with Crippen LogP contribution in [0, 0.1) is 11.1 Å². The lowest BCUT2D eigenvalue weighted by atomic mass is 9.86. The lowest BCUT2D eigenvalue weighted by molar-refractivity contribution is -0.605. The summed E-state index contributed by atoms with van der Waals surface area (Å²) >= 11 is 12.8. The highest BCUT2D eigenvalue weighted by Crippen LogP contribution is 2.39. The summed E-state index contributed by atoms with van der Waals surface area (Å²) in [4.78, 5) is 39.1.